The highest BCUT2D eigenvalue weighted by atomic mass is 16.4. The number of carbonyl (C=O) groups is 2. The number of nitrogens with zero attached hydrogens (tertiary/aromatic N) is 5. The van der Waals surface area contributed by atoms with Crippen molar-refractivity contribution in [3.63, 3.8) is 0 Å². The lowest BCUT2D eigenvalue weighted by atomic mass is 9.98. The molecule has 0 unspecified atom stereocenters. The maximum Gasteiger partial charge on any atom is 0.303 e. The van der Waals surface area contributed by atoms with Gasteiger partial charge in [0.25, 0.3) is 0 Å². The van der Waals surface area contributed by atoms with Gasteiger partial charge in [0.05, 0.1) is 45.6 Å². The number of rotatable bonds is 8. The average Bonchev–Trinajstić information content (AvgIpc) is 4.18. The van der Waals surface area contributed by atoms with E-state index < -0.39 is 11.9 Å². The molecule has 0 saturated heterocycles. The number of carboxylic acid groups (broad SMARTS) is 2. The predicted octanol–water partition coefficient (Wildman–Crippen LogP) is 12.3. The fraction of sp³-hybridized carbons (Fsp3) is 0.236. The van der Waals surface area contributed by atoms with Gasteiger partial charge < -0.3 is 29.7 Å². The van der Waals surface area contributed by atoms with Crippen molar-refractivity contribution in [1.82, 2.24) is 39.5 Å². The molecule has 16 bridgehead atoms. The molecule has 0 amide bonds. The quantitative estimate of drug-likeness (QED) is 0.1000. The Labute approximate surface area is 388 Å². The van der Waals surface area contributed by atoms with E-state index in [-0.39, 0.29) is 12.8 Å². The summed E-state index contributed by atoms with van der Waals surface area (Å²) in [6, 6.07) is 24.7. The first kappa shape index (κ1) is 44.3. The summed E-state index contributed by atoms with van der Waals surface area (Å²) in [6.45, 7) is 12.6. The Hall–Kier alpha value is -7.86. The third-order valence-electron chi connectivity index (χ3n) is 13.1. The second-order valence-corrected chi connectivity index (χ2v) is 17.4. The van der Waals surface area contributed by atoms with Gasteiger partial charge in [-0.15, -0.1) is 0 Å². The first-order valence-corrected chi connectivity index (χ1v) is 22.8. The van der Waals surface area contributed by atoms with Crippen LogP contribution in [0.1, 0.15) is 121 Å². The molecule has 0 spiro atoms. The third kappa shape index (κ3) is 9.07. The lowest BCUT2D eigenvalue weighted by Crippen LogP contribution is -1.97. The Kier molecular flexibility index (Phi) is 12.0. The first-order chi connectivity index (χ1) is 32.2. The molecular formula is C55H54N8O4. The molecule has 0 aliphatic carbocycles. The summed E-state index contributed by atoms with van der Waals surface area (Å²) in [7, 11) is 2.09. The molecule has 0 atom stereocenters. The predicted molar refractivity (Wildman–Crippen MR) is 271 cm³/mol. The lowest BCUT2D eigenvalue weighted by Gasteiger charge is -2.05. The molecule has 10 heterocycles. The number of allylic oxidation sites excluding steroid dienone is 4. The van der Waals surface area contributed by atoms with Crippen LogP contribution in [0.25, 0.3) is 90.7 Å². The van der Waals surface area contributed by atoms with Crippen molar-refractivity contribution in [3.05, 3.63) is 141 Å². The van der Waals surface area contributed by atoms with Gasteiger partial charge in [0, 0.05) is 64.0 Å². The van der Waals surface area contributed by atoms with Crippen molar-refractivity contribution in [2.75, 3.05) is 0 Å². The van der Waals surface area contributed by atoms with Crippen molar-refractivity contribution >= 4 is 103 Å². The summed E-state index contributed by atoms with van der Waals surface area (Å²) in [4.78, 5) is 52.9. The molecule has 10 rings (SSSR count). The number of fused-ring (bicyclic) bond motifs is 16. The van der Waals surface area contributed by atoms with Crippen LogP contribution in [0.15, 0.2) is 72.8 Å². The van der Waals surface area contributed by atoms with E-state index in [0.29, 0.717) is 24.2 Å². The fourth-order valence-corrected chi connectivity index (χ4v) is 9.51. The van der Waals surface area contributed by atoms with Gasteiger partial charge in [0.2, 0.25) is 0 Å². The lowest BCUT2D eigenvalue weighted by molar-refractivity contribution is -0.137. The second kappa shape index (κ2) is 18.2. The summed E-state index contributed by atoms with van der Waals surface area (Å²) in [5.41, 5.74) is 23.6. The van der Waals surface area contributed by atoms with E-state index in [0.717, 1.165) is 113 Å². The van der Waals surface area contributed by atoms with Crippen LogP contribution in [0.4, 0.5) is 0 Å². The third-order valence-corrected chi connectivity index (χ3v) is 13.1. The molecule has 0 aromatic carbocycles. The molecule has 5 N–H and O–H groups in total. The largest absolute Gasteiger partial charge is 0.481 e. The number of carboxylic acids is 2. The molecule has 4 aliphatic heterocycles. The number of aromatic nitrogens is 8. The molecule has 0 saturated carbocycles. The smallest absolute Gasteiger partial charge is 0.303 e. The van der Waals surface area contributed by atoms with Gasteiger partial charge in [0.15, 0.2) is 0 Å². The molecule has 338 valence electrons. The highest BCUT2D eigenvalue weighted by Crippen LogP contribution is 2.38. The minimum Gasteiger partial charge on any atom is -0.481 e. The van der Waals surface area contributed by atoms with E-state index in [1.54, 1.807) is 0 Å². The summed E-state index contributed by atoms with van der Waals surface area (Å²) < 4.78 is 2.22. The van der Waals surface area contributed by atoms with Gasteiger partial charge >= 0.3 is 11.9 Å². The Balaban J connectivity index is 0.000000196. The normalized spacial score (nSPS) is 13.1. The Bertz CT molecular complexity index is 3430. The molecular weight excluding hydrogens is 837 g/mol. The molecule has 4 aliphatic rings. The van der Waals surface area contributed by atoms with E-state index in [4.69, 9.17) is 9.97 Å². The molecule has 67 heavy (non-hydrogen) atoms. The number of aliphatic carboxylic acids is 2. The van der Waals surface area contributed by atoms with Crippen molar-refractivity contribution in [2.24, 2.45) is 7.05 Å². The standard InChI is InChI=1S/C35H40N4O4.C20H14N4/c1-8-22-18(3)28-17-33-23(9-2)21(6)32(39(33)7)16-27-20(5)25(11-13-35(42)43)31(38-27)15-30-24(10-12-34(40)41)19(4)26(36-30)14-29(22)37-28;1-2-14-10-16-5-6-18(23-16)12-20-8-7-19(24-20)11-17-4-3-15(22-17)9-13(1)21-14/h14-17,37H,8-13H2,1-7H3,(H,40,41)(H,42,43);1-12,21-22H. The first-order valence-electron chi connectivity index (χ1n) is 22.8. The van der Waals surface area contributed by atoms with Crippen molar-refractivity contribution in [2.45, 2.75) is 80.1 Å². The van der Waals surface area contributed by atoms with Gasteiger partial charge in [-0.2, -0.15) is 0 Å². The Morgan fingerprint density at radius 3 is 1.48 bits per heavy atom. The molecule has 0 fully saturated rings. The number of hydrogen-bond donors (Lipinski definition) is 5. The van der Waals surface area contributed by atoms with Crippen molar-refractivity contribution in [1.29, 1.82) is 0 Å². The summed E-state index contributed by atoms with van der Waals surface area (Å²) in [6.07, 6.45) is 10.4. The number of aromatic amines is 3. The van der Waals surface area contributed by atoms with Gasteiger partial charge in [-0.05, 0) is 195 Å². The van der Waals surface area contributed by atoms with Gasteiger partial charge in [0.1, 0.15) is 0 Å². The number of nitrogens with one attached hydrogen (secondary N) is 3. The molecule has 12 nitrogen and oxygen atoms in total. The van der Waals surface area contributed by atoms with Gasteiger partial charge in [-0.3, -0.25) is 9.59 Å². The van der Waals surface area contributed by atoms with Crippen molar-refractivity contribution < 1.29 is 19.8 Å². The Morgan fingerprint density at radius 2 is 0.985 bits per heavy atom. The highest BCUT2D eigenvalue weighted by Gasteiger charge is 2.23. The van der Waals surface area contributed by atoms with Crippen LogP contribution in [-0.2, 0) is 29.5 Å². The van der Waals surface area contributed by atoms with E-state index in [9.17, 15) is 19.8 Å². The zero-order valence-electron chi connectivity index (χ0n) is 38.9. The van der Waals surface area contributed by atoms with E-state index in [1.165, 1.54) is 22.3 Å². The summed E-state index contributed by atoms with van der Waals surface area (Å²) >= 11 is 0. The molecule has 6 aromatic rings. The molecule has 6 aromatic heterocycles. The zero-order valence-corrected chi connectivity index (χ0v) is 38.9. The fourth-order valence-electron chi connectivity index (χ4n) is 9.51. The number of hydrogen-bond acceptors (Lipinski definition) is 6. The van der Waals surface area contributed by atoms with Crippen LogP contribution in [-0.4, -0.2) is 61.6 Å². The topological polar surface area (TPSA) is 178 Å². The zero-order chi connectivity index (χ0) is 47.1. The number of H-pyrrole nitrogens is 3. The minimum absolute atomic E-state index is 0.0124. The van der Waals surface area contributed by atoms with Gasteiger partial charge in [-0.25, -0.2) is 19.9 Å². The molecule has 0 radical (unpaired) electrons. The van der Waals surface area contributed by atoms with Crippen LogP contribution in [0.5, 0.6) is 0 Å². The summed E-state index contributed by atoms with van der Waals surface area (Å²) in [5.74, 6) is -1.73. The highest BCUT2D eigenvalue weighted by molar-refractivity contribution is 5.96. The van der Waals surface area contributed by atoms with E-state index in [2.05, 4.69) is 113 Å². The maximum absolute atomic E-state index is 11.6. The average molecular weight is 891 g/mol. The van der Waals surface area contributed by atoms with Crippen LogP contribution in [0, 0.1) is 13.8 Å². The Morgan fingerprint density at radius 1 is 0.507 bits per heavy atom. The molecule has 12 heteroatoms. The van der Waals surface area contributed by atoms with Crippen molar-refractivity contribution in [3.8, 4) is 0 Å². The van der Waals surface area contributed by atoms with Crippen LogP contribution in [0.2, 0.25) is 0 Å². The monoisotopic (exact) mass is 890 g/mol. The van der Waals surface area contributed by atoms with Gasteiger partial charge in [-0.1, -0.05) is 13.8 Å². The minimum atomic E-state index is -0.867. The van der Waals surface area contributed by atoms with Crippen LogP contribution < -0.4 is 0 Å². The van der Waals surface area contributed by atoms with E-state index in [1.807, 2.05) is 62.4 Å². The number of aryl methyl sites for hydroxylation is 5. The SMILES string of the molecule is C1=Cc2cc3ccc(cc4ccc(cc5nc(cc1n2)C=C5)[nH]4)[nH]3.CCc1c(C)c2cc3c(CC)c(C)c(cc4nc(cc5nc(cc1[nH]2)C(C)=C5CCC(=O)O)C(CCC(=O)O)=C4C)n3C. The van der Waals surface area contributed by atoms with Crippen LogP contribution in [0.3, 0.4) is 0 Å². The van der Waals surface area contributed by atoms with E-state index >= 15 is 0 Å². The van der Waals surface area contributed by atoms with Crippen LogP contribution >= 0.6 is 0 Å². The maximum atomic E-state index is 11.6. The summed E-state index contributed by atoms with van der Waals surface area (Å²) in [5, 5.41) is 19.0. The second-order valence-electron chi connectivity index (χ2n) is 17.4.